The topological polar surface area (TPSA) is 62.8 Å². The second kappa shape index (κ2) is 8.54. The minimum Gasteiger partial charge on any atom is -0.493 e. The standard InChI is InChI=1S/C19H29N3O3/c1-14-11-22(12-15(2)25-14)8-7-20-19(23)21-10-16-9-17-5-3-4-6-18(17)24-13-16/h3-6,14-16H,7-13H2,1-2H3,(H2,20,21,23)/t14-,15-,16+/m1/s1. The molecule has 0 unspecified atom stereocenters. The molecule has 2 aliphatic rings. The van der Waals surface area contributed by atoms with E-state index < -0.39 is 0 Å². The van der Waals surface area contributed by atoms with E-state index in [0.29, 0.717) is 25.6 Å². The number of ether oxygens (including phenoxy) is 2. The number of morpholine rings is 1. The van der Waals surface area contributed by atoms with Gasteiger partial charge in [-0.05, 0) is 31.9 Å². The second-order valence-electron chi connectivity index (χ2n) is 7.14. The van der Waals surface area contributed by atoms with Crippen LogP contribution in [0.5, 0.6) is 5.75 Å². The highest BCUT2D eigenvalue weighted by Crippen LogP contribution is 2.26. The molecule has 6 nitrogen and oxygen atoms in total. The fraction of sp³-hybridized carbons (Fsp3) is 0.632. The number of carbonyl (C=O) groups excluding carboxylic acids is 1. The molecule has 1 aromatic rings. The molecule has 1 fully saturated rings. The highest BCUT2D eigenvalue weighted by atomic mass is 16.5. The zero-order valence-corrected chi connectivity index (χ0v) is 15.2. The van der Waals surface area contributed by atoms with Crippen molar-refractivity contribution in [3.05, 3.63) is 29.8 Å². The Morgan fingerprint density at radius 3 is 2.76 bits per heavy atom. The average molecular weight is 347 g/mol. The smallest absolute Gasteiger partial charge is 0.314 e. The van der Waals surface area contributed by atoms with Gasteiger partial charge in [0.05, 0.1) is 18.8 Å². The molecule has 1 aromatic carbocycles. The summed E-state index contributed by atoms with van der Waals surface area (Å²) in [5, 5.41) is 5.91. The molecule has 0 saturated carbocycles. The first-order valence-electron chi connectivity index (χ1n) is 9.20. The lowest BCUT2D eigenvalue weighted by atomic mass is 9.97. The summed E-state index contributed by atoms with van der Waals surface area (Å²) >= 11 is 0. The van der Waals surface area contributed by atoms with E-state index in [1.165, 1.54) is 5.56 Å². The number of urea groups is 1. The third-order valence-electron chi connectivity index (χ3n) is 4.72. The van der Waals surface area contributed by atoms with Gasteiger partial charge in [0.2, 0.25) is 0 Å². The zero-order valence-electron chi connectivity index (χ0n) is 15.2. The van der Waals surface area contributed by atoms with E-state index in [1.807, 2.05) is 18.2 Å². The van der Waals surface area contributed by atoms with E-state index in [0.717, 1.165) is 31.8 Å². The van der Waals surface area contributed by atoms with Gasteiger partial charge in [-0.25, -0.2) is 4.79 Å². The highest BCUT2D eigenvalue weighted by molar-refractivity contribution is 5.73. The van der Waals surface area contributed by atoms with Crippen molar-refractivity contribution in [1.82, 2.24) is 15.5 Å². The summed E-state index contributed by atoms with van der Waals surface area (Å²) in [6.07, 6.45) is 1.46. The highest BCUT2D eigenvalue weighted by Gasteiger charge is 2.22. The van der Waals surface area contributed by atoms with Crippen molar-refractivity contribution in [3.8, 4) is 5.75 Å². The quantitative estimate of drug-likeness (QED) is 0.850. The van der Waals surface area contributed by atoms with Gasteiger partial charge in [0.1, 0.15) is 5.75 Å². The van der Waals surface area contributed by atoms with Crippen LogP contribution in [-0.2, 0) is 11.2 Å². The Kier molecular flexibility index (Phi) is 6.15. The first-order chi connectivity index (χ1) is 12.1. The second-order valence-corrected chi connectivity index (χ2v) is 7.14. The summed E-state index contributed by atoms with van der Waals surface area (Å²) in [6, 6.07) is 8.00. The maximum Gasteiger partial charge on any atom is 0.314 e. The van der Waals surface area contributed by atoms with Gasteiger partial charge in [0.15, 0.2) is 0 Å². The normalized spacial score (nSPS) is 26.4. The van der Waals surface area contributed by atoms with Crippen LogP contribution in [0.2, 0.25) is 0 Å². The van der Waals surface area contributed by atoms with Crippen LogP contribution in [0.15, 0.2) is 24.3 Å². The van der Waals surface area contributed by atoms with Crippen molar-refractivity contribution in [1.29, 1.82) is 0 Å². The van der Waals surface area contributed by atoms with Crippen LogP contribution in [0.4, 0.5) is 4.79 Å². The summed E-state index contributed by atoms with van der Waals surface area (Å²) < 4.78 is 11.5. The van der Waals surface area contributed by atoms with E-state index in [-0.39, 0.29) is 18.2 Å². The molecule has 2 amide bonds. The molecule has 0 aliphatic carbocycles. The number of hydrogen-bond acceptors (Lipinski definition) is 4. The van der Waals surface area contributed by atoms with Gasteiger partial charge >= 0.3 is 6.03 Å². The number of fused-ring (bicyclic) bond motifs is 1. The molecule has 0 bridgehead atoms. The van der Waals surface area contributed by atoms with Crippen LogP contribution in [0, 0.1) is 5.92 Å². The van der Waals surface area contributed by atoms with Crippen LogP contribution in [0.1, 0.15) is 19.4 Å². The molecule has 0 radical (unpaired) electrons. The number of carbonyl (C=O) groups is 1. The van der Waals surface area contributed by atoms with Gasteiger partial charge in [-0.15, -0.1) is 0 Å². The average Bonchev–Trinajstić information content (AvgIpc) is 2.59. The fourth-order valence-electron chi connectivity index (χ4n) is 3.62. The Morgan fingerprint density at radius 2 is 1.96 bits per heavy atom. The Hall–Kier alpha value is -1.79. The molecule has 3 rings (SSSR count). The van der Waals surface area contributed by atoms with Crippen molar-refractivity contribution in [2.24, 2.45) is 5.92 Å². The molecule has 6 heteroatoms. The van der Waals surface area contributed by atoms with Crippen LogP contribution < -0.4 is 15.4 Å². The third-order valence-corrected chi connectivity index (χ3v) is 4.72. The van der Waals surface area contributed by atoms with E-state index >= 15 is 0 Å². The number of para-hydroxylation sites is 1. The number of nitrogens with zero attached hydrogens (tertiary/aromatic N) is 1. The lowest BCUT2D eigenvalue weighted by Gasteiger charge is -2.35. The Balaban J connectivity index is 1.32. The molecule has 2 aliphatic heterocycles. The molecule has 25 heavy (non-hydrogen) atoms. The maximum absolute atomic E-state index is 12.0. The Morgan fingerprint density at radius 1 is 1.20 bits per heavy atom. The Bertz CT molecular complexity index is 571. The van der Waals surface area contributed by atoms with Crippen molar-refractivity contribution in [2.75, 3.05) is 39.3 Å². The van der Waals surface area contributed by atoms with Gasteiger partial charge in [0.25, 0.3) is 0 Å². The molecular formula is C19H29N3O3. The van der Waals surface area contributed by atoms with Gasteiger partial charge < -0.3 is 20.1 Å². The lowest BCUT2D eigenvalue weighted by molar-refractivity contribution is -0.0672. The SMILES string of the molecule is C[C@@H]1CN(CCNC(=O)NC[C@H]2COc3ccccc3C2)C[C@@H](C)O1. The van der Waals surface area contributed by atoms with Crippen LogP contribution in [0.3, 0.4) is 0 Å². The predicted molar refractivity (Wildman–Crippen MR) is 97.0 cm³/mol. The minimum absolute atomic E-state index is 0.104. The first kappa shape index (κ1) is 18.0. The minimum atomic E-state index is -0.104. The largest absolute Gasteiger partial charge is 0.493 e. The molecule has 3 atom stereocenters. The van der Waals surface area contributed by atoms with Gasteiger partial charge in [-0.3, -0.25) is 4.90 Å². The summed E-state index contributed by atoms with van der Waals surface area (Å²) in [5.41, 5.74) is 1.22. The van der Waals surface area contributed by atoms with E-state index in [2.05, 4.69) is 35.4 Å². The van der Waals surface area contributed by atoms with Gasteiger partial charge in [0, 0.05) is 38.6 Å². The molecule has 0 spiro atoms. The van der Waals surface area contributed by atoms with Crippen molar-refractivity contribution in [3.63, 3.8) is 0 Å². The van der Waals surface area contributed by atoms with Gasteiger partial charge in [-0.2, -0.15) is 0 Å². The fourth-order valence-corrected chi connectivity index (χ4v) is 3.62. The van der Waals surface area contributed by atoms with E-state index in [1.54, 1.807) is 0 Å². The Labute approximate surface area is 149 Å². The summed E-state index contributed by atoms with van der Waals surface area (Å²) in [5.74, 6) is 1.29. The number of benzene rings is 1. The zero-order chi connectivity index (χ0) is 17.6. The maximum atomic E-state index is 12.0. The van der Waals surface area contributed by atoms with Crippen LogP contribution in [-0.4, -0.2) is 62.5 Å². The number of amides is 2. The molecular weight excluding hydrogens is 318 g/mol. The molecule has 138 valence electrons. The summed E-state index contributed by atoms with van der Waals surface area (Å²) in [7, 11) is 0. The monoisotopic (exact) mass is 347 g/mol. The first-order valence-corrected chi connectivity index (χ1v) is 9.20. The molecule has 1 saturated heterocycles. The van der Waals surface area contributed by atoms with Crippen LogP contribution >= 0.6 is 0 Å². The molecule has 2 N–H and O–H groups in total. The summed E-state index contributed by atoms with van der Waals surface area (Å²) in [4.78, 5) is 14.3. The van der Waals surface area contributed by atoms with Gasteiger partial charge in [-0.1, -0.05) is 18.2 Å². The number of hydrogen-bond donors (Lipinski definition) is 2. The van der Waals surface area contributed by atoms with Crippen molar-refractivity contribution in [2.45, 2.75) is 32.5 Å². The molecule has 0 aromatic heterocycles. The third kappa shape index (κ3) is 5.34. The van der Waals surface area contributed by atoms with E-state index in [4.69, 9.17) is 9.47 Å². The van der Waals surface area contributed by atoms with Crippen molar-refractivity contribution >= 4 is 6.03 Å². The van der Waals surface area contributed by atoms with Crippen LogP contribution in [0.25, 0.3) is 0 Å². The summed E-state index contributed by atoms with van der Waals surface area (Å²) in [6.45, 7) is 8.81. The molecule has 2 heterocycles. The lowest BCUT2D eigenvalue weighted by Crippen LogP contribution is -2.49. The van der Waals surface area contributed by atoms with Crippen molar-refractivity contribution < 1.29 is 14.3 Å². The predicted octanol–water partition coefficient (Wildman–Crippen LogP) is 1.65. The number of nitrogens with one attached hydrogen (secondary N) is 2. The number of rotatable bonds is 5. The van der Waals surface area contributed by atoms with E-state index in [9.17, 15) is 4.79 Å².